The molecule has 0 unspecified atom stereocenters. The standard InChI is InChI=1S/C27H17BrCl3F3N2O5/c1-2-40-22-9-13(8-18(28)23(22)41-12-14-3-5-16(29)11-20(14)31)7-17-24(37)35-26(39)36(25(17)38)21-10-15(27(32,33)34)4-6-19(21)30/h3-11H,2,12H2,1H3,(H,35,37,39)/b17-7+. The second-order valence-electron chi connectivity index (χ2n) is 8.41. The van der Waals surface area contributed by atoms with E-state index in [4.69, 9.17) is 44.3 Å². The topological polar surface area (TPSA) is 84.9 Å². The molecule has 14 heteroatoms. The van der Waals surface area contributed by atoms with Crippen molar-refractivity contribution in [3.05, 3.63) is 90.3 Å². The summed E-state index contributed by atoms with van der Waals surface area (Å²) in [5.74, 6) is -1.68. The van der Waals surface area contributed by atoms with Crippen LogP contribution in [0, 0.1) is 0 Å². The van der Waals surface area contributed by atoms with Gasteiger partial charge in [0, 0.05) is 15.6 Å². The zero-order chi connectivity index (χ0) is 30.1. The molecule has 3 aromatic rings. The number of carbonyl (C=O) groups is 3. The molecule has 0 bridgehead atoms. The molecule has 0 aromatic heterocycles. The fourth-order valence-electron chi connectivity index (χ4n) is 3.77. The number of imide groups is 2. The van der Waals surface area contributed by atoms with E-state index in [1.165, 1.54) is 12.1 Å². The Morgan fingerprint density at radius 3 is 2.37 bits per heavy atom. The molecule has 1 saturated heterocycles. The molecular weight excluding hydrogens is 676 g/mol. The summed E-state index contributed by atoms with van der Waals surface area (Å²) in [6.45, 7) is 2.03. The number of urea groups is 1. The number of carbonyl (C=O) groups excluding carboxylic acids is 3. The van der Waals surface area contributed by atoms with Crippen molar-refractivity contribution in [3.8, 4) is 11.5 Å². The van der Waals surface area contributed by atoms with Gasteiger partial charge in [0.05, 0.1) is 27.4 Å². The Morgan fingerprint density at radius 1 is 0.976 bits per heavy atom. The normalized spacial score (nSPS) is 14.9. The van der Waals surface area contributed by atoms with Gasteiger partial charge < -0.3 is 9.47 Å². The third-order valence-corrected chi connectivity index (χ3v) is 7.14. The molecule has 4 amide bonds. The van der Waals surface area contributed by atoms with Crippen molar-refractivity contribution < 1.29 is 37.0 Å². The third kappa shape index (κ3) is 6.81. The molecule has 0 spiro atoms. The Balaban J connectivity index is 1.70. The molecule has 1 N–H and O–H groups in total. The van der Waals surface area contributed by atoms with E-state index in [0.29, 0.717) is 42.9 Å². The number of amides is 4. The van der Waals surface area contributed by atoms with Gasteiger partial charge in [0.1, 0.15) is 12.2 Å². The van der Waals surface area contributed by atoms with Crippen molar-refractivity contribution in [2.45, 2.75) is 19.7 Å². The number of benzene rings is 3. The first-order valence-electron chi connectivity index (χ1n) is 11.6. The van der Waals surface area contributed by atoms with Crippen molar-refractivity contribution in [2.24, 2.45) is 0 Å². The van der Waals surface area contributed by atoms with Gasteiger partial charge in [0.15, 0.2) is 11.5 Å². The van der Waals surface area contributed by atoms with Crippen molar-refractivity contribution in [1.29, 1.82) is 0 Å². The number of alkyl halides is 3. The van der Waals surface area contributed by atoms with Crippen LogP contribution in [0.4, 0.5) is 23.7 Å². The van der Waals surface area contributed by atoms with Crippen molar-refractivity contribution in [1.82, 2.24) is 5.32 Å². The maximum atomic E-state index is 13.3. The lowest BCUT2D eigenvalue weighted by atomic mass is 10.1. The van der Waals surface area contributed by atoms with Gasteiger partial charge in [-0.1, -0.05) is 40.9 Å². The molecule has 214 valence electrons. The Labute approximate surface area is 254 Å². The third-order valence-electron chi connectivity index (χ3n) is 5.65. The van der Waals surface area contributed by atoms with E-state index in [1.807, 2.05) is 5.32 Å². The van der Waals surface area contributed by atoms with E-state index >= 15 is 0 Å². The summed E-state index contributed by atoms with van der Waals surface area (Å²) in [5.41, 5.74) is -1.28. The summed E-state index contributed by atoms with van der Waals surface area (Å²) < 4.78 is 51.9. The van der Waals surface area contributed by atoms with Gasteiger partial charge in [-0.15, -0.1) is 0 Å². The number of nitrogens with one attached hydrogen (secondary N) is 1. The Morgan fingerprint density at radius 2 is 1.71 bits per heavy atom. The van der Waals surface area contributed by atoms with Crippen molar-refractivity contribution in [3.63, 3.8) is 0 Å². The zero-order valence-electron chi connectivity index (χ0n) is 20.7. The van der Waals surface area contributed by atoms with Gasteiger partial charge in [-0.2, -0.15) is 13.2 Å². The van der Waals surface area contributed by atoms with E-state index in [1.54, 1.807) is 25.1 Å². The van der Waals surface area contributed by atoms with Gasteiger partial charge in [0.25, 0.3) is 11.8 Å². The van der Waals surface area contributed by atoms with Crippen LogP contribution in [0.3, 0.4) is 0 Å². The summed E-state index contributed by atoms with van der Waals surface area (Å²) in [4.78, 5) is 38.8. The summed E-state index contributed by atoms with van der Waals surface area (Å²) in [5, 5.41) is 2.51. The summed E-state index contributed by atoms with van der Waals surface area (Å²) >= 11 is 21.6. The van der Waals surface area contributed by atoms with E-state index < -0.39 is 40.8 Å². The number of anilines is 1. The molecule has 0 radical (unpaired) electrons. The molecule has 41 heavy (non-hydrogen) atoms. The highest BCUT2D eigenvalue weighted by molar-refractivity contribution is 9.10. The summed E-state index contributed by atoms with van der Waals surface area (Å²) in [6.07, 6.45) is -3.61. The molecule has 1 aliphatic heterocycles. The van der Waals surface area contributed by atoms with E-state index in [-0.39, 0.29) is 29.5 Å². The van der Waals surface area contributed by atoms with Crippen LogP contribution in [0.15, 0.2) is 58.6 Å². The monoisotopic (exact) mass is 690 g/mol. The predicted molar refractivity (Wildman–Crippen MR) is 152 cm³/mol. The van der Waals surface area contributed by atoms with Gasteiger partial charge in [0.2, 0.25) is 0 Å². The number of nitrogens with zero attached hydrogens (tertiary/aromatic N) is 1. The molecule has 1 heterocycles. The molecule has 0 atom stereocenters. The summed E-state index contributed by atoms with van der Waals surface area (Å²) in [6, 6.07) is 8.85. The highest BCUT2D eigenvalue weighted by atomic mass is 79.9. The molecular formula is C27H17BrCl3F3N2O5. The van der Waals surface area contributed by atoms with E-state index in [2.05, 4.69) is 15.9 Å². The first kappa shape index (κ1) is 30.7. The average molecular weight is 693 g/mol. The highest BCUT2D eigenvalue weighted by Gasteiger charge is 2.39. The SMILES string of the molecule is CCOc1cc(/C=C2\C(=O)NC(=O)N(c3cc(C(F)(F)F)ccc3Cl)C2=O)cc(Br)c1OCc1ccc(Cl)cc1Cl. The second-order valence-corrected chi connectivity index (χ2v) is 10.5. The van der Waals surface area contributed by atoms with Gasteiger partial charge in [-0.25, -0.2) is 9.69 Å². The zero-order valence-corrected chi connectivity index (χ0v) is 24.6. The molecule has 7 nitrogen and oxygen atoms in total. The Kier molecular flexibility index (Phi) is 9.22. The largest absolute Gasteiger partial charge is 0.490 e. The second kappa shape index (κ2) is 12.3. The molecule has 3 aromatic carbocycles. The van der Waals surface area contributed by atoms with Gasteiger partial charge in [-0.05, 0) is 77.0 Å². The number of hydrogen-bond acceptors (Lipinski definition) is 5. The minimum atomic E-state index is -4.77. The fourth-order valence-corrected chi connectivity index (χ4v) is 5.01. The van der Waals surface area contributed by atoms with E-state index in [9.17, 15) is 27.6 Å². The molecule has 0 aliphatic carbocycles. The Hall–Kier alpha value is -3.25. The van der Waals surface area contributed by atoms with E-state index in [0.717, 1.165) is 12.1 Å². The summed E-state index contributed by atoms with van der Waals surface area (Å²) in [7, 11) is 0. The van der Waals surface area contributed by atoms with Crippen LogP contribution in [-0.4, -0.2) is 24.5 Å². The minimum absolute atomic E-state index is 0.0603. The van der Waals surface area contributed by atoms with Crippen LogP contribution in [0.2, 0.25) is 15.1 Å². The van der Waals surface area contributed by atoms with Gasteiger partial charge >= 0.3 is 12.2 Å². The lowest BCUT2D eigenvalue weighted by Crippen LogP contribution is -2.54. The van der Waals surface area contributed by atoms with Crippen LogP contribution < -0.4 is 19.7 Å². The van der Waals surface area contributed by atoms with Crippen LogP contribution in [0.5, 0.6) is 11.5 Å². The first-order chi connectivity index (χ1) is 19.3. The van der Waals surface area contributed by atoms with Crippen LogP contribution in [0.1, 0.15) is 23.6 Å². The van der Waals surface area contributed by atoms with Crippen molar-refractivity contribution in [2.75, 3.05) is 11.5 Å². The highest BCUT2D eigenvalue weighted by Crippen LogP contribution is 2.40. The predicted octanol–water partition coefficient (Wildman–Crippen LogP) is 8.07. The smallest absolute Gasteiger partial charge is 0.416 e. The number of ether oxygens (including phenoxy) is 2. The number of hydrogen-bond donors (Lipinski definition) is 1. The maximum Gasteiger partial charge on any atom is 0.416 e. The molecule has 0 saturated carbocycles. The molecule has 4 rings (SSSR count). The maximum absolute atomic E-state index is 13.3. The Bertz CT molecular complexity index is 1600. The lowest BCUT2D eigenvalue weighted by Gasteiger charge is -2.27. The quantitative estimate of drug-likeness (QED) is 0.200. The van der Waals surface area contributed by atoms with Gasteiger partial charge in [-0.3, -0.25) is 14.9 Å². The van der Waals surface area contributed by atoms with Crippen LogP contribution >= 0.6 is 50.7 Å². The number of halogens is 7. The lowest BCUT2D eigenvalue weighted by molar-refractivity contribution is -0.137. The minimum Gasteiger partial charge on any atom is -0.490 e. The van der Waals surface area contributed by atoms with Crippen LogP contribution in [-0.2, 0) is 22.4 Å². The molecule has 1 fully saturated rings. The van der Waals surface area contributed by atoms with Crippen LogP contribution in [0.25, 0.3) is 6.08 Å². The number of barbiturate groups is 1. The fraction of sp³-hybridized carbons (Fsp3) is 0.148. The first-order valence-corrected chi connectivity index (χ1v) is 13.5. The number of rotatable bonds is 7. The molecule has 1 aliphatic rings. The van der Waals surface area contributed by atoms with Crippen molar-refractivity contribution >= 4 is 80.3 Å². The average Bonchev–Trinajstić information content (AvgIpc) is 2.87.